The van der Waals surface area contributed by atoms with Gasteiger partial charge >= 0.3 is 0 Å². The van der Waals surface area contributed by atoms with Gasteiger partial charge in [0, 0.05) is 26.2 Å². The lowest BCUT2D eigenvalue weighted by molar-refractivity contribution is -0.120. The molecule has 0 aromatic rings. The van der Waals surface area contributed by atoms with Crippen molar-refractivity contribution in [2.75, 3.05) is 33.4 Å². The molecular weight excluding hydrogens is 218 g/mol. The molecule has 2 atom stereocenters. The number of carbonyl (C=O) groups is 1. The number of carbonyl (C=O) groups excluding carboxylic acids is 1. The Hall–Kier alpha value is -0.650. The van der Waals surface area contributed by atoms with Gasteiger partial charge in [0.2, 0.25) is 5.91 Å². The molecule has 0 spiro atoms. The van der Waals surface area contributed by atoms with E-state index < -0.39 is 0 Å². The largest absolute Gasteiger partial charge is 0.384 e. The number of primary amides is 1. The van der Waals surface area contributed by atoms with Crippen molar-refractivity contribution in [3.05, 3.63) is 0 Å². The minimum Gasteiger partial charge on any atom is -0.384 e. The fraction of sp³-hybridized carbons (Fsp3) is 0.917. The molecule has 1 aliphatic carbocycles. The van der Waals surface area contributed by atoms with Crippen molar-refractivity contribution >= 4 is 5.91 Å². The molecule has 1 heterocycles. The van der Waals surface area contributed by atoms with Crippen LogP contribution in [0.25, 0.3) is 0 Å². The van der Waals surface area contributed by atoms with Gasteiger partial charge in [0.25, 0.3) is 0 Å². The standard InChI is InChI=1S/C12H23N3O2/c1-17-8-9-4-5-15(6-9)7-11(12(13)16)14-10-2-3-10/h9-11,14H,2-8H2,1H3,(H2,13,16). The van der Waals surface area contributed by atoms with Crippen LogP contribution in [0.5, 0.6) is 0 Å². The average Bonchev–Trinajstić information content (AvgIpc) is 2.99. The van der Waals surface area contributed by atoms with E-state index in [4.69, 9.17) is 10.5 Å². The summed E-state index contributed by atoms with van der Waals surface area (Å²) in [6.45, 7) is 3.62. The first-order valence-corrected chi connectivity index (χ1v) is 6.45. The van der Waals surface area contributed by atoms with Crippen molar-refractivity contribution in [1.82, 2.24) is 10.2 Å². The van der Waals surface area contributed by atoms with Crippen LogP contribution in [0.3, 0.4) is 0 Å². The van der Waals surface area contributed by atoms with Crippen LogP contribution >= 0.6 is 0 Å². The van der Waals surface area contributed by atoms with E-state index in [1.165, 1.54) is 12.8 Å². The first-order valence-electron chi connectivity index (χ1n) is 6.45. The number of hydrogen-bond donors (Lipinski definition) is 2. The van der Waals surface area contributed by atoms with Gasteiger partial charge in [-0.1, -0.05) is 0 Å². The van der Waals surface area contributed by atoms with Gasteiger partial charge < -0.3 is 20.7 Å². The smallest absolute Gasteiger partial charge is 0.235 e. The lowest BCUT2D eigenvalue weighted by Crippen LogP contribution is -2.49. The van der Waals surface area contributed by atoms with Crippen LogP contribution in [0, 0.1) is 5.92 Å². The monoisotopic (exact) mass is 241 g/mol. The zero-order valence-corrected chi connectivity index (χ0v) is 10.5. The number of nitrogens with zero attached hydrogens (tertiary/aromatic N) is 1. The number of nitrogens with one attached hydrogen (secondary N) is 1. The number of rotatable bonds is 7. The van der Waals surface area contributed by atoms with Crippen molar-refractivity contribution < 1.29 is 9.53 Å². The van der Waals surface area contributed by atoms with Gasteiger partial charge in [-0.3, -0.25) is 4.79 Å². The predicted octanol–water partition coefficient (Wildman–Crippen LogP) is -0.439. The summed E-state index contributed by atoms with van der Waals surface area (Å²) in [4.78, 5) is 13.7. The van der Waals surface area contributed by atoms with E-state index in [2.05, 4.69) is 10.2 Å². The topological polar surface area (TPSA) is 67.6 Å². The molecule has 5 heteroatoms. The second-order valence-electron chi connectivity index (χ2n) is 5.27. The second-order valence-corrected chi connectivity index (χ2v) is 5.27. The van der Waals surface area contributed by atoms with Crippen molar-refractivity contribution in [3.63, 3.8) is 0 Å². The summed E-state index contributed by atoms with van der Waals surface area (Å²) in [6.07, 6.45) is 3.51. The Kier molecular flexibility index (Phi) is 4.36. The summed E-state index contributed by atoms with van der Waals surface area (Å²) in [6, 6.07) is 0.327. The highest BCUT2D eigenvalue weighted by Gasteiger charge is 2.30. The number of ether oxygens (including phenoxy) is 1. The molecule has 1 saturated carbocycles. The van der Waals surface area contributed by atoms with Gasteiger partial charge in [-0.25, -0.2) is 0 Å². The van der Waals surface area contributed by atoms with Gasteiger partial charge in [0.1, 0.15) is 0 Å². The molecule has 1 saturated heterocycles. The Morgan fingerprint density at radius 3 is 2.88 bits per heavy atom. The summed E-state index contributed by atoms with van der Waals surface area (Å²) in [5.74, 6) is 0.376. The quantitative estimate of drug-likeness (QED) is 0.634. The second kappa shape index (κ2) is 5.80. The van der Waals surface area contributed by atoms with E-state index in [9.17, 15) is 4.79 Å². The first kappa shape index (κ1) is 12.8. The maximum Gasteiger partial charge on any atom is 0.235 e. The van der Waals surface area contributed by atoms with Crippen LogP contribution in [0.2, 0.25) is 0 Å². The molecule has 0 aromatic carbocycles. The van der Waals surface area contributed by atoms with Gasteiger partial charge in [-0.2, -0.15) is 0 Å². The summed E-state index contributed by atoms with van der Waals surface area (Å²) < 4.78 is 5.17. The minimum absolute atomic E-state index is 0.191. The van der Waals surface area contributed by atoms with E-state index in [1.54, 1.807) is 7.11 Å². The van der Waals surface area contributed by atoms with Gasteiger partial charge in [-0.05, 0) is 31.7 Å². The van der Waals surface area contributed by atoms with Crippen LogP contribution in [0.4, 0.5) is 0 Å². The third kappa shape index (κ3) is 3.94. The Bertz CT molecular complexity index is 268. The zero-order chi connectivity index (χ0) is 12.3. The van der Waals surface area contributed by atoms with E-state index in [-0.39, 0.29) is 11.9 Å². The Balaban J connectivity index is 1.75. The molecule has 2 rings (SSSR count). The summed E-state index contributed by atoms with van der Waals surface area (Å²) >= 11 is 0. The SMILES string of the molecule is COCC1CCN(CC(NC2CC2)C(N)=O)C1. The van der Waals surface area contributed by atoms with Crippen LogP contribution < -0.4 is 11.1 Å². The van der Waals surface area contributed by atoms with Crippen molar-refractivity contribution in [2.45, 2.75) is 31.3 Å². The lowest BCUT2D eigenvalue weighted by atomic mass is 10.1. The maximum absolute atomic E-state index is 11.4. The Morgan fingerprint density at radius 2 is 2.29 bits per heavy atom. The van der Waals surface area contributed by atoms with Crippen molar-refractivity contribution in [3.8, 4) is 0 Å². The number of nitrogens with two attached hydrogens (primary N) is 1. The van der Waals surface area contributed by atoms with Crippen LogP contribution in [-0.4, -0.2) is 56.2 Å². The fourth-order valence-electron chi connectivity index (χ4n) is 2.47. The van der Waals surface area contributed by atoms with E-state index >= 15 is 0 Å². The zero-order valence-electron chi connectivity index (χ0n) is 10.5. The van der Waals surface area contributed by atoms with Crippen molar-refractivity contribution in [2.24, 2.45) is 11.7 Å². The third-order valence-corrected chi connectivity index (χ3v) is 3.57. The molecule has 2 unspecified atom stereocenters. The number of amides is 1. The Morgan fingerprint density at radius 1 is 1.53 bits per heavy atom. The normalized spacial score (nSPS) is 27.2. The molecule has 5 nitrogen and oxygen atoms in total. The average molecular weight is 241 g/mol. The number of hydrogen-bond acceptors (Lipinski definition) is 4. The molecule has 0 radical (unpaired) electrons. The molecule has 2 aliphatic rings. The highest BCUT2D eigenvalue weighted by atomic mass is 16.5. The van der Waals surface area contributed by atoms with Crippen LogP contribution in [-0.2, 0) is 9.53 Å². The molecular formula is C12H23N3O2. The number of likely N-dealkylation sites (tertiary alicyclic amines) is 1. The highest BCUT2D eigenvalue weighted by Crippen LogP contribution is 2.21. The predicted molar refractivity (Wildman–Crippen MR) is 65.6 cm³/mol. The van der Waals surface area contributed by atoms with Crippen LogP contribution in [0.15, 0.2) is 0 Å². The molecule has 17 heavy (non-hydrogen) atoms. The summed E-state index contributed by atoms with van der Waals surface area (Å²) in [7, 11) is 1.74. The van der Waals surface area contributed by atoms with E-state index in [0.717, 1.165) is 32.7 Å². The summed E-state index contributed by atoms with van der Waals surface area (Å²) in [5, 5.41) is 3.32. The number of methoxy groups -OCH3 is 1. The molecule has 0 bridgehead atoms. The molecule has 1 aliphatic heterocycles. The fourth-order valence-corrected chi connectivity index (χ4v) is 2.47. The van der Waals surface area contributed by atoms with Gasteiger partial charge in [0.05, 0.1) is 12.6 Å². The summed E-state index contributed by atoms with van der Waals surface area (Å²) in [5.41, 5.74) is 5.43. The molecule has 2 fully saturated rings. The highest BCUT2D eigenvalue weighted by molar-refractivity contribution is 5.80. The molecule has 98 valence electrons. The first-order chi connectivity index (χ1) is 8.19. The van der Waals surface area contributed by atoms with E-state index in [1.807, 2.05) is 0 Å². The van der Waals surface area contributed by atoms with Crippen molar-refractivity contribution in [1.29, 1.82) is 0 Å². The molecule has 3 N–H and O–H groups in total. The van der Waals surface area contributed by atoms with Gasteiger partial charge in [0.15, 0.2) is 0 Å². The van der Waals surface area contributed by atoms with E-state index in [0.29, 0.717) is 12.0 Å². The molecule has 0 aromatic heterocycles. The lowest BCUT2D eigenvalue weighted by Gasteiger charge is -2.22. The van der Waals surface area contributed by atoms with Crippen LogP contribution in [0.1, 0.15) is 19.3 Å². The third-order valence-electron chi connectivity index (χ3n) is 3.57. The Labute approximate surface area is 103 Å². The maximum atomic E-state index is 11.4. The minimum atomic E-state index is -0.230. The molecule has 1 amide bonds. The van der Waals surface area contributed by atoms with Gasteiger partial charge in [-0.15, -0.1) is 0 Å².